The first-order chi connectivity index (χ1) is 9.97. The first kappa shape index (κ1) is 15.8. The summed E-state index contributed by atoms with van der Waals surface area (Å²) in [6.07, 6.45) is 0. The van der Waals surface area contributed by atoms with Gasteiger partial charge in [0.25, 0.3) is 5.91 Å². The molecule has 112 valence electrons. The number of aromatic nitrogens is 1. The molecule has 1 aromatic heterocycles. The molecular weight excluding hydrogens is 354 g/mol. The van der Waals surface area contributed by atoms with Crippen LogP contribution >= 0.6 is 27.3 Å². The summed E-state index contributed by atoms with van der Waals surface area (Å²) in [5.74, 6) is 0.693. The normalized spacial score (nSPS) is 10.4. The van der Waals surface area contributed by atoms with E-state index >= 15 is 0 Å². The number of ether oxygens (including phenoxy) is 1. The van der Waals surface area contributed by atoms with Crippen LogP contribution in [0, 0.1) is 6.92 Å². The number of hydrogen-bond donors (Lipinski definition) is 1. The number of nitrogens with zero attached hydrogens (tertiary/aromatic N) is 2. The average molecular weight is 370 g/mol. The van der Waals surface area contributed by atoms with Crippen LogP contribution < -0.4 is 10.5 Å². The lowest BCUT2D eigenvalue weighted by atomic mass is 10.3. The van der Waals surface area contributed by atoms with Crippen LogP contribution in [0.4, 0.5) is 5.13 Å². The molecule has 0 saturated carbocycles. The van der Waals surface area contributed by atoms with Gasteiger partial charge in [-0.3, -0.25) is 4.79 Å². The van der Waals surface area contributed by atoms with Crippen molar-refractivity contribution in [3.8, 4) is 5.75 Å². The zero-order chi connectivity index (χ0) is 15.4. The minimum Gasteiger partial charge on any atom is -0.492 e. The molecule has 0 bridgehead atoms. The van der Waals surface area contributed by atoms with Crippen molar-refractivity contribution in [1.29, 1.82) is 0 Å². The summed E-state index contributed by atoms with van der Waals surface area (Å²) in [4.78, 5) is 18.5. The van der Waals surface area contributed by atoms with Gasteiger partial charge in [-0.15, -0.1) is 0 Å². The SMILES string of the molecule is Cc1nc(N)sc1C(=O)N(C)CCOc1ccc(Br)cc1. The number of nitrogens with two attached hydrogens (primary N) is 1. The monoisotopic (exact) mass is 369 g/mol. The van der Waals surface area contributed by atoms with Crippen LogP contribution in [0.15, 0.2) is 28.7 Å². The maximum atomic E-state index is 12.2. The van der Waals surface area contributed by atoms with Crippen molar-refractivity contribution in [3.63, 3.8) is 0 Å². The van der Waals surface area contributed by atoms with E-state index in [9.17, 15) is 4.79 Å². The van der Waals surface area contributed by atoms with E-state index in [1.807, 2.05) is 24.3 Å². The molecule has 1 heterocycles. The summed E-state index contributed by atoms with van der Waals surface area (Å²) in [5, 5.41) is 0.412. The highest BCUT2D eigenvalue weighted by molar-refractivity contribution is 9.10. The van der Waals surface area contributed by atoms with Crippen LogP contribution in [0.2, 0.25) is 0 Å². The number of carbonyl (C=O) groups excluding carboxylic acids is 1. The molecule has 2 rings (SSSR count). The number of rotatable bonds is 5. The molecule has 0 unspecified atom stereocenters. The lowest BCUT2D eigenvalue weighted by Crippen LogP contribution is -2.30. The number of carbonyl (C=O) groups is 1. The Hall–Kier alpha value is -1.60. The number of anilines is 1. The second-order valence-corrected chi connectivity index (χ2v) is 6.44. The Kier molecular flexibility index (Phi) is 5.19. The quantitative estimate of drug-likeness (QED) is 0.879. The predicted molar refractivity (Wildman–Crippen MR) is 87.9 cm³/mol. The maximum Gasteiger partial charge on any atom is 0.265 e. The Bertz CT molecular complexity index is 628. The van der Waals surface area contributed by atoms with E-state index in [1.54, 1.807) is 18.9 Å². The van der Waals surface area contributed by atoms with Gasteiger partial charge in [0, 0.05) is 11.5 Å². The van der Waals surface area contributed by atoms with Crippen molar-refractivity contribution in [1.82, 2.24) is 9.88 Å². The summed E-state index contributed by atoms with van der Waals surface area (Å²) >= 11 is 4.58. The first-order valence-electron chi connectivity index (χ1n) is 6.34. The molecule has 0 atom stereocenters. The minimum atomic E-state index is -0.0823. The van der Waals surface area contributed by atoms with E-state index in [0.717, 1.165) is 10.2 Å². The third-order valence-electron chi connectivity index (χ3n) is 2.86. The molecule has 0 fully saturated rings. The fourth-order valence-corrected chi connectivity index (χ4v) is 2.81. The van der Waals surface area contributed by atoms with Crippen molar-refractivity contribution in [2.24, 2.45) is 0 Å². The van der Waals surface area contributed by atoms with E-state index in [0.29, 0.717) is 28.9 Å². The molecule has 1 aromatic carbocycles. The third-order valence-corrected chi connectivity index (χ3v) is 4.37. The van der Waals surface area contributed by atoms with Gasteiger partial charge in [-0.05, 0) is 31.2 Å². The summed E-state index contributed by atoms with van der Waals surface area (Å²) in [6.45, 7) is 2.70. The number of benzene rings is 1. The van der Waals surface area contributed by atoms with Gasteiger partial charge < -0.3 is 15.4 Å². The van der Waals surface area contributed by atoms with Crippen LogP contribution in [0.1, 0.15) is 15.4 Å². The fraction of sp³-hybridized carbons (Fsp3) is 0.286. The van der Waals surface area contributed by atoms with Crippen molar-refractivity contribution in [3.05, 3.63) is 39.3 Å². The third kappa shape index (κ3) is 4.18. The number of likely N-dealkylation sites (N-methyl/N-ethyl adjacent to an activating group) is 1. The molecule has 2 N–H and O–H groups in total. The van der Waals surface area contributed by atoms with Crippen LogP contribution in [-0.4, -0.2) is 36.0 Å². The smallest absolute Gasteiger partial charge is 0.265 e. The Labute approximate surface area is 135 Å². The summed E-state index contributed by atoms with van der Waals surface area (Å²) in [6, 6.07) is 7.57. The number of nitrogen functional groups attached to an aromatic ring is 1. The largest absolute Gasteiger partial charge is 0.492 e. The van der Waals surface area contributed by atoms with Crippen molar-refractivity contribution in [2.75, 3.05) is 25.9 Å². The van der Waals surface area contributed by atoms with E-state index < -0.39 is 0 Å². The molecular formula is C14H16BrN3O2S. The molecule has 7 heteroatoms. The molecule has 0 spiro atoms. The van der Waals surface area contributed by atoms with E-state index in [1.165, 1.54) is 11.3 Å². The number of halogens is 1. The van der Waals surface area contributed by atoms with E-state index in [2.05, 4.69) is 20.9 Å². The predicted octanol–water partition coefficient (Wildman–Crippen LogP) is 2.95. The molecule has 21 heavy (non-hydrogen) atoms. The van der Waals surface area contributed by atoms with Gasteiger partial charge in [0.05, 0.1) is 12.2 Å². The Morgan fingerprint density at radius 3 is 2.67 bits per heavy atom. The highest BCUT2D eigenvalue weighted by Crippen LogP contribution is 2.21. The summed E-state index contributed by atoms with van der Waals surface area (Å²) < 4.78 is 6.60. The Morgan fingerprint density at radius 2 is 2.10 bits per heavy atom. The molecule has 2 aromatic rings. The Morgan fingerprint density at radius 1 is 1.43 bits per heavy atom. The molecule has 0 aliphatic heterocycles. The van der Waals surface area contributed by atoms with E-state index in [4.69, 9.17) is 10.5 Å². The van der Waals surface area contributed by atoms with Gasteiger partial charge in [-0.1, -0.05) is 27.3 Å². The zero-order valence-electron chi connectivity index (χ0n) is 11.8. The van der Waals surface area contributed by atoms with Crippen LogP contribution in [0.3, 0.4) is 0 Å². The number of aryl methyl sites for hydroxylation is 1. The molecule has 0 aliphatic carbocycles. The average Bonchev–Trinajstić information content (AvgIpc) is 2.79. The van der Waals surface area contributed by atoms with Gasteiger partial charge in [0.15, 0.2) is 5.13 Å². The van der Waals surface area contributed by atoms with Gasteiger partial charge in [0.2, 0.25) is 0 Å². The number of amides is 1. The Balaban J connectivity index is 1.87. The highest BCUT2D eigenvalue weighted by atomic mass is 79.9. The van der Waals surface area contributed by atoms with Crippen molar-refractivity contribution >= 4 is 38.3 Å². The number of thiazole rings is 1. The molecule has 1 amide bonds. The summed E-state index contributed by atoms with van der Waals surface area (Å²) in [7, 11) is 1.74. The van der Waals surface area contributed by atoms with Crippen LogP contribution in [0.5, 0.6) is 5.75 Å². The van der Waals surface area contributed by atoms with Crippen LogP contribution in [0.25, 0.3) is 0 Å². The molecule has 5 nitrogen and oxygen atoms in total. The topological polar surface area (TPSA) is 68.5 Å². The van der Waals surface area contributed by atoms with Crippen molar-refractivity contribution < 1.29 is 9.53 Å². The van der Waals surface area contributed by atoms with Crippen LogP contribution in [-0.2, 0) is 0 Å². The first-order valence-corrected chi connectivity index (χ1v) is 7.95. The lowest BCUT2D eigenvalue weighted by molar-refractivity contribution is 0.0777. The second kappa shape index (κ2) is 6.91. The molecule has 0 radical (unpaired) electrons. The molecule has 0 aliphatic rings. The van der Waals surface area contributed by atoms with Gasteiger partial charge >= 0.3 is 0 Å². The second-order valence-electron chi connectivity index (χ2n) is 4.50. The summed E-state index contributed by atoms with van der Waals surface area (Å²) in [5.41, 5.74) is 6.28. The van der Waals surface area contributed by atoms with Crippen molar-refractivity contribution in [2.45, 2.75) is 6.92 Å². The highest BCUT2D eigenvalue weighted by Gasteiger charge is 2.18. The number of hydrogen-bond acceptors (Lipinski definition) is 5. The standard InChI is InChI=1S/C14H16BrN3O2S/c1-9-12(21-14(16)17-9)13(19)18(2)7-8-20-11-5-3-10(15)4-6-11/h3-6H,7-8H2,1-2H3,(H2,16,17). The van der Waals surface area contributed by atoms with Gasteiger partial charge in [-0.25, -0.2) is 4.98 Å². The maximum absolute atomic E-state index is 12.2. The van der Waals surface area contributed by atoms with Gasteiger partial charge in [-0.2, -0.15) is 0 Å². The molecule has 0 saturated heterocycles. The zero-order valence-corrected chi connectivity index (χ0v) is 14.2. The minimum absolute atomic E-state index is 0.0823. The van der Waals surface area contributed by atoms with E-state index in [-0.39, 0.29) is 5.91 Å². The van der Waals surface area contributed by atoms with Gasteiger partial charge in [0.1, 0.15) is 17.2 Å². The lowest BCUT2D eigenvalue weighted by Gasteiger charge is -2.16. The fourth-order valence-electron chi connectivity index (χ4n) is 1.72.